The van der Waals surface area contributed by atoms with Crippen LogP contribution in [0.15, 0.2) is 18.3 Å². The Labute approximate surface area is 87.3 Å². The van der Waals surface area contributed by atoms with Crippen LogP contribution < -0.4 is 11.1 Å². The van der Waals surface area contributed by atoms with Gasteiger partial charge in [-0.25, -0.2) is 9.50 Å². The van der Waals surface area contributed by atoms with Gasteiger partial charge in [0, 0.05) is 0 Å². The summed E-state index contributed by atoms with van der Waals surface area (Å²) in [6.07, 6.45) is 4.11. The van der Waals surface area contributed by atoms with Crippen molar-refractivity contribution in [1.29, 1.82) is 0 Å². The zero-order valence-electron chi connectivity index (χ0n) is 8.35. The quantitative estimate of drug-likeness (QED) is 0.717. The predicted molar refractivity (Wildman–Crippen MR) is 57.4 cm³/mol. The maximum atomic E-state index is 5.68. The molecule has 0 spiro atoms. The van der Waals surface area contributed by atoms with Gasteiger partial charge >= 0.3 is 0 Å². The largest absolute Gasteiger partial charge is 0.397 e. The number of hydrogen-bond acceptors (Lipinski definition) is 4. The smallest absolute Gasteiger partial charge is 0.168 e. The van der Waals surface area contributed by atoms with Crippen LogP contribution in [0, 0.1) is 0 Å². The Balaban J connectivity index is 2.05. The SMILES string of the molecule is Nc1ccc2nc(C3CCCN3)nn2c1. The predicted octanol–water partition coefficient (Wildman–Crippen LogP) is 0.736. The van der Waals surface area contributed by atoms with Crippen LogP contribution in [0.4, 0.5) is 5.69 Å². The second-order valence-corrected chi connectivity index (χ2v) is 3.88. The highest BCUT2D eigenvalue weighted by Gasteiger charge is 2.20. The van der Waals surface area contributed by atoms with Crippen LogP contribution in [0.25, 0.3) is 5.65 Å². The Kier molecular flexibility index (Phi) is 1.85. The zero-order chi connectivity index (χ0) is 10.3. The van der Waals surface area contributed by atoms with Crippen molar-refractivity contribution in [3.63, 3.8) is 0 Å². The summed E-state index contributed by atoms with van der Waals surface area (Å²) in [5, 5.41) is 7.80. The van der Waals surface area contributed by atoms with Crippen molar-refractivity contribution < 1.29 is 0 Å². The van der Waals surface area contributed by atoms with Crippen LogP contribution in [-0.4, -0.2) is 21.1 Å². The van der Waals surface area contributed by atoms with Gasteiger partial charge in [0.1, 0.15) is 0 Å². The number of nitrogens with one attached hydrogen (secondary N) is 1. The summed E-state index contributed by atoms with van der Waals surface area (Å²) in [7, 11) is 0. The van der Waals surface area contributed by atoms with E-state index in [9.17, 15) is 0 Å². The van der Waals surface area contributed by atoms with E-state index in [1.54, 1.807) is 10.7 Å². The molecule has 1 unspecified atom stereocenters. The van der Waals surface area contributed by atoms with Gasteiger partial charge in [0.2, 0.25) is 0 Å². The van der Waals surface area contributed by atoms with Gasteiger partial charge in [-0.3, -0.25) is 0 Å². The third-order valence-electron chi connectivity index (χ3n) is 2.74. The Morgan fingerprint density at radius 2 is 2.40 bits per heavy atom. The lowest BCUT2D eigenvalue weighted by molar-refractivity contribution is 0.604. The van der Waals surface area contributed by atoms with Crippen LogP contribution in [-0.2, 0) is 0 Å². The average Bonchev–Trinajstić information content (AvgIpc) is 2.84. The summed E-state index contributed by atoms with van der Waals surface area (Å²) in [5.41, 5.74) is 7.24. The van der Waals surface area contributed by atoms with E-state index in [0.29, 0.717) is 11.7 Å². The molecule has 3 rings (SSSR count). The van der Waals surface area contributed by atoms with Crippen LogP contribution >= 0.6 is 0 Å². The van der Waals surface area contributed by atoms with Crippen molar-refractivity contribution in [1.82, 2.24) is 19.9 Å². The maximum Gasteiger partial charge on any atom is 0.168 e. The molecule has 1 aliphatic rings. The Morgan fingerprint density at radius 3 is 3.20 bits per heavy atom. The second-order valence-electron chi connectivity index (χ2n) is 3.88. The van der Waals surface area contributed by atoms with Gasteiger partial charge in [-0.1, -0.05) is 0 Å². The molecule has 2 aromatic heterocycles. The maximum absolute atomic E-state index is 5.68. The van der Waals surface area contributed by atoms with E-state index in [2.05, 4.69) is 15.4 Å². The first-order chi connectivity index (χ1) is 7.33. The molecule has 3 N–H and O–H groups in total. The third-order valence-corrected chi connectivity index (χ3v) is 2.74. The number of nitrogens with zero attached hydrogens (tertiary/aromatic N) is 3. The molecule has 0 amide bonds. The van der Waals surface area contributed by atoms with Crippen molar-refractivity contribution in [3.05, 3.63) is 24.2 Å². The molecule has 0 aromatic carbocycles. The highest BCUT2D eigenvalue weighted by Crippen LogP contribution is 2.20. The summed E-state index contributed by atoms with van der Waals surface area (Å²) < 4.78 is 1.74. The van der Waals surface area contributed by atoms with E-state index in [-0.39, 0.29) is 0 Å². The lowest BCUT2D eigenvalue weighted by Crippen LogP contribution is -2.14. The standard InChI is InChI=1S/C10H13N5/c11-7-3-4-9-13-10(14-15(9)6-7)8-2-1-5-12-8/h3-4,6,8,12H,1-2,5,11H2. The minimum atomic E-state index is 0.311. The molecule has 5 heteroatoms. The molecule has 0 radical (unpaired) electrons. The lowest BCUT2D eigenvalue weighted by Gasteiger charge is -2.02. The Morgan fingerprint density at radius 1 is 1.47 bits per heavy atom. The fraction of sp³-hybridized carbons (Fsp3) is 0.400. The molecule has 0 bridgehead atoms. The molecule has 1 fully saturated rings. The Hall–Kier alpha value is -1.62. The van der Waals surface area contributed by atoms with E-state index in [1.807, 2.05) is 12.1 Å². The van der Waals surface area contributed by atoms with Crippen molar-refractivity contribution in [2.45, 2.75) is 18.9 Å². The monoisotopic (exact) mass is 203 g/mol. The molecular weight excluding hydrogens is 190 g/mol. The molecule has 2 aromatic rings. The van der Waals surface area contributed by atoms with Crippen LogP contribution in [0.5, 0.6) is 0 Å². The summed E-state index contributed by atoms with van der Waals surface area (Å²) in [4.78, 5) is 4.47. The molecule has 0 saturated carbocycles. The number of nitrogens with two attached hydrogens (primary N) is 1. The van der Waals surface area contributed by atoms with E-state index < -0.39 is 0 Å². The number of fused-ring (bicyclic) bond motifs is 1. The summed E-state index contributed by atoms with van der Waals surface area (Å²) in [6, 6.07) is 4.04. The minimum absolute atomic E-state index is 0.311. The molecule has 1 atom stereocenters. The molecular formula is C10H13N5. The van der Waals surface area contributed by atoms with Crippen LogP contribution in [0.1, 0.15) is 24.7 Å². The summed E-state index contributed by atoms with van der Waals surface area (Å²) >= 11 is 0. The summed E-state index contributed by atoms with van der Waals surface area (Å²) in [5.74, 6) is 0.873. The molecule has 78 valence electrons. The van der Waals surface area contributed by atoms with Crippen molar-refractivity contribution in [3.8, 4) is 0 Å². The molecule has 3 heterocycles. The zero-order valence-corrected chi connectivity index (χ0v) is 8.35. The van der Waals surface area contributed by atoms with E-state index in [1.165, 1.54) is 6.42 Å². The van der Waals surface area contributed by atoms with Gasteiger partial charge in [0.15, 0.2) is 11.5 Å². The number of anilines is 1. The van der Waals surface area contributed by atoms with Crippen molar-refractivity contribution in [2.75, 3.05) is 12.3 Å². The topological polar surface area (TPSA) is 68.2 Å². The van der Waals surface area contributed by atoms with Gasteiger partial charge in [0.05, 0.1) is 17.9 Å². The lowest BCUT2D eigenvalue weighted by atomic mass is 10.2. The van der Waals surface area contributed by atoms with Crippen molar-refractivity contribution >= 4 is 11.3 Å². The number of hydrogen-bond donors (Lipinski definition) is 2. The molecule has 1 saturated heterocycles. The van der Waals surface area contributed by atoms with Crippen LogP contribution in [0.2, 0.25) is 0 Å². The fourth-order valence-electron chi connectivity index (χ4n) is 1.97. The van der Waals surface area contributed by atoms with Crippen LogP contribution in [0.3, 0.4) is 0 Å². The van der Waals surface area contributed by atoms with E-state index >= 15 is 0 Å². The van der Waals surface area contributed by atoms with Gasteiger partial charge in [-0.15, -0.1) is 5.10 Å². The number of pyridine rings is 1. The third kappa shape index (κ3) is 1.45. The Bertz CT molecular complexity index is 484. The average molecular weight is 203 g/mol. The van der Waals surface area contributed by atoms with E-state index in [0.717, 1.165) is 24.4 Å². The number of rotatable bonds is 1. The van der Waals surface area contributed by atoms with Gasteiger partial charge in [-0.2, -0.15) is 0 Å². The molecule has 15 heavy (non-hydrogen) atoms. The fourth-order valence-corrected chi connectivity index (χ4v) is 1.97. The van der Waals surface area contributed by atoms with E-state index in [4.69, 9.17) is 5.73 Å². The molecule has 0 aliphatic carbocycles. The number of aromatic nitrogens is 3. The van der Waals surface area contributed by atoms with Gasteiger partial charge in [0.25, 0.3) is 0 Å². The molecule has 5 nitrogen and oxygen atoms in total. The first kappa shape index (κ1) is 8.67. The first-order valence-corrected chi connectivity index (χ1v) is 5.18. The van der Waals surface area contributed by atoms with Gasteiger partial charge in [-0.05, 0) is 31.5 Å². The minimum Gasteiger partial charge on any atom is -0.397 e. The highest BCUT2D eigenvalue weighted by atomic mass is 15.3. The number of nitrogen functional groups attached to an aromatic ring is 1. The highest BCUT2D eigenvalue weighted by molar-refractivity contribution is 5.46. The van der Waals surface area contributed by atoms with Gasteiger partial charge < -0.3 is 11.1 Å². The normalized spacial score (nSPS) is 21.2. The molecule has 1 aliphatic heterocycles. The summed E-state index contributed by atoms with van der Waals surface area (Å²) in [6.45, 7) is 1.06. The van der Waals surface area contributed by atoms with Crippen molar-refractivity contribution in [2.24, 2.45) is 0 Å². The first-order valence-electron chi connectivity index (χ1n) is 5.18. The second kappa shape index (κ2) is 3.20.